The molecule has 3 aromatic heterocycles. The number of carbonyl (C=O) groups is 2. The molecular formula is C26H34F4N10O2. The van der Waals surface area contributed by atoms with E-state index in [4.69, 9.17) is 0 Å². The van der Waals surface area contributed by atoms with Gasteiger partial charge in [-0.25, -0.2) is 22.2 Å². The van der Waals surface area contributed by atoms with Crippen LogP contribution < -0.4 is 10.6 Å². The normalized spacial score (nSPS) is 18.8. The molecule has 2 N–H and O–H groups in total. The summed E-state index contributed by atoms with van der Waals surface area (Å²) in [5.41, 5.74) is 0.420. The van der Waals surface area contributed by atoms with Crippen molar-refractivity contribution < 1.29 is 27.2 Å². The standard InChI is InChI=1S/C26H34F4N10O2/c1-15(2)40-19(7-10-31-40)24(41)34-22(17-5-8-26(29,30)9-6-17)25(42)33-18-12-32-38(14-18)20(11-21(27)28)23-35-36-37-39(23)13-16-3-4-16/h7,10,12,14-17,20-22H,3-6,8-9,11,13H2,1-2H3,(H,33,42)(H,34,41)/t20?,22-/m0/s1. The molecule has 2 atom stereocenters. The topological polar surface area (TPSA) is 137 Å². The van der Waals surface area contributed by atoms with Crippen molar-refractivity contribution in [3.8, 4) is 0 Å². The Morgan fingerprint density at radius 3 is 2.52 bits per heavy atom. The molecule has 0 radical (unpaired) electrons. The molecule has 5 rings (SSSR count). The number of nitrogens with zero attached hydrogens (tertiary/aromatic N) is 8. The predicted octanol–water partition coefficient (Wildman–Crippen LogP) is 3.86. The van der Waals surface area contributed by atoms with Gasteiger partial charge in [-0.05, 0) is 67.9 Å². The zero-order chi connectivity index (χ0) is 30.0. The van der Waals surface area contributed by atoms with Crippen LogP contribution in [0.15, 0.2) is 24.7 Å². The lowest BCUT2D eigenvalue weighted by Crippen LogP contribution is -2.50. The van der Waals surface area contributed by atoms with Gasteiger partial charge in [-0.15, -0.1) is 5.10 Å². The first-order chi connectivity index (χ1) is 20.0. The molecule has 0 spiro atoms. The van der Waals surface area contributed by atoms with Crippen molar-refractivity contribution in [1.29, 1.82) is 0 Å². The number of carbonyl (C=O) groups excluding carboxylic acids is 2. The summed E-state index contributed by atoms with van der Waals surface area (Å²) in [6.07, 6.45) is 2.20. The molecule has 42 heavy (non-hydrogen) atoms. The zero-order valence-corrected chi connectivity index (χ0v) is 23.3. The van der Waals surface area contributed by atoms with Crippen molar-refractivity contribution in [1.82, 2.24) is 45.1 Å². The third-order valence-electron chi connectivity index (χ3n) is 7.77. The number of rotatable bonds is 12. The molecule has 3 heterocycles. The van der Waals surface area contributed by atoms with Crippen LogP contribution in [0.4, 0.5) is 23.2 Å². The van der Waals surface area contributed by atoms with Crippen molar-refractivity contribution in [3.05, 3.63) is 36.2 Å². The number of alkyl halides is 4. The first kappa shape index (κ1) is 29.6. The van der Waals surface area contributed by atoms with Crippen LogP contribution in [-0.2, 0) is 11.3 Å². The van der Waals surface area contributed by atoms with Gasteiger partial charge < -0.3 is 10.6 Å². The first-order valence-electron chi connectivity index (χ1n) is 14.1. The average molecular weight is 595 g/mol. The molecule has 12 nitrogen and oxygen atoms in total. The summed E-state index contributed by atoms with van der Waals surface area (Å²) >= 11 is 0. The highest BCUT2D eigenvalue weighted by Gasteiger charge is 2.41. The maximum Gasteiger partial charge on any atom is 0.270 e. The number of aromatic nitrogens is 8. The molecule has 16 heteroatoms. The molecular weight excluding hydrogens is 560 g/mol. The molecule has 0 saturated heterocycles. The highest BCUT2D eigenvalue weighted by molar-refractivity contribution is 6.00. The quantitative estimate of drug-likeness (QED) is 0.304. The third kappa shape index (κ3) is 6.95. The third-order valence-corrected chi connectivity index (χ3v) is 7.77. The second kappa shape index (κ2) is 12.2. The SMILES string of the molecule is CC(C)n1nccc1C(=O)N[C@H](C(=O)Nc1cnn(C(CC(F)F)c2nnnn2CC2CC2)c1)C1CCC(F)(F)CC1. The molecule has 3 aromatic rings. The number of amides is 2. The van der Waals surface area contributed by atoms with Gasteiger partial charge in [0.05, 0.1) is 11.9 Å². The summed E-state index contributed by atoms with van der Waals surface area (Å²) in [4.78, 5) is 26.7. The zero-order valence-electron chi connectivity index (χ0n) is 23.3. The van der Waals surface area contributed by atoms with Gasteiger partial charge in [-0.2, -0.15) is 10.2 Å². The van der Waals surface area contributed by atoms with Crippen LogP contribution in [-0.4, -0.2) is 70.0 Å². The minimum Gasteiger partial charge on any atom is -0.339 e. The fraction of sp³-hybridized carbons (Fsp3) is 0.654. The minimum absolute atomic E-state index is 0.0359. The Hall–Kier alpha value is -3.85. The van der Waals surface area contributed by atoms with Crippen molar-refractivity contribution >= 4 is 17.5 Å². The fourth-order valence-corrected chi connectivity index (χ4v) is 5.33. The maximum atomic E-state index is 13.9. The number of nitrogens with one attached hydrogen (secondary N) is 2. The van der Waals surface area contributed by atoms with Crippen molar-refractivity contribution in [3.63, 3.8) is 0 Å². The lowest BCUT2D eigenvalue weighted by molar-refractivity contribution is -0.121. The van der Waals surface area contributed by atoms with E-state index in [9.17, 15) is 27.2 Å². The second-order valence-electron chi connectivity index (χ2n) is 11.4. The minimum atomic E-state index is -2.83. The number of tetrazole rings is 1. The Bertz CT molecular complexity index is 1370. The predicted molar refractivity (Wildman–Crippen MR) is 141 cm³/mol. The number of hydrogen-bond donors (Lipinski definition) is 2. The van der Waals surface area contributed by atoms with Gasteiger partial charge in [0.25, 0.3) is 5.91 Å². The van der Waals surface area contributed by atoms with Gasteiger partial charge in [0, 0.05) is 44.2 Å². The van der Waals surface area contributed by atoms with E-state index in [1.165, 1.54) is 38.7 Å². The van der Waals surface area contributed by atoms with E-state index in [-0.39, 0.29) is 36.1 Å². The van der Waals surface area contributed by atoms with Crippen LogP contribution in [0.5, 0.6) is 0 Å². The van der Waals surface area contributed by atoms with Gasteiger partial charge in [0.15, 0.2) is 5.82 Å². The van der Waals surface area contributed by atoms with E-state index in [1.807, 2.05) is 13.8 Å². The van der Waals surface area contributed by atoms with E-state index >= 15 is 0 Å². The van der Waals surface area contributed by atoms with E-state index in [0.717, 1.165) is 12.8 Å². The lowest BCUT2D eigenvalue weighted by atomic mass is 9.81. The Morgan fingerprint density at radius 1 is 1.12 bits per heavy atom. The lowest BCUT2D eigenvalue weighted by Gasteiger charge is -2.33. The number of anilines is 1. The van der Waals surface area contributed by atoms with Crippen LogP contribution in [0.3, 0.4) is 0 Å². The van der Waals surface area contributed by atoms with Crippen molar-refractivity contribution in [2.45, 2.75) is 95.8 Å². The Kier molecular flexibility index (Phi) is 8.59. The second-order valence-corrected chi connectivity index (χ2v) is 11.4. The Morgan fingerprint density at radius 2 is 1.86 bits per heavy atom. The molecule has 0 aromatic carbocycles. The summed E-state index contributed by atoms with van der Waals surface area (Å²) in [7, 11) is 0. The molecule has 1 unspecified atom stereocenters. The van der Waals surface area contributed by atoms with Crippen molar-refractivity contribution in [2.75, 3.05) is 5.32 Å². The molecule has 2 fully saturated rings. The molecule has 2 aliphatic carbocycles. The smallest absolute Gasteiger partial charge is 0.270 e. The monoisotopic (exact) mass is 594 g/mol. The van der Waals surface area contributed by atoms with Crippen LogP contribution in [0, 0.1) is 11.8 Å². The highest BCUT2D eigenvalue weighted by Crippen LogP contribution is 2.38. The van der Waals surface area contributed by atoms with Crippen molar-refractivity contribution in [2.24, 2.45) is 11.8 Å². The number of halogens is 4. The average Bonchev–Trinajstić information content (AvgIpc) is 3.30. The summed E-state index contributed by atoms with van der Waals surface area (Å²) in [5, 5.41) is 25.4. The number of hydrogen-bond acceptors (Lipinski definition) is 7. The van der Waals surface area contributed by atoms with Crippen LogP contribution in [0.2, 0.25) is 0 Å². The van der Waals surface area contributed by atoms with Crippen LogP contribution in [0.25, 0.3) is 0 Å². The summed E-state index contributed by atoms with van der Waals surface area (Å²) in [6, 6.07) is -0.728. The van der Waals surface area contributed by atoms with Gasteiger partial charge in [0.2, 0.25) is 18.3 Å². The van der Waals surface area contributed by atoms with E-state index in [2.05, 4.69) is 36.4 Å². The Labute approximate surface area is 239 Å². The van der Waals surface area contributed by atoms with Gasteiger partial charge >= 0.3 is 0 Å². The van der Waals surface area contributed by atoms with Crippen LogP contribution >= 0.6 is 0 Å². The summed E-state index contributed by atoms with van der Waals surface area (Å²) in [6.45, 7) is 4.21. The van der Waals surface area contributed by atoms with E-state index < -0.39 is 61.4 Å². The molecule has 2 amide bonds. The first-order valence-corrected chi connectivity index (χ1v) is 14.1. The van der Waals surface area contributed by atoms with Crippen LogP contribution in [0.1, 0.15) is 87.2 Å². The summed E-state index contributed by atoms with van der Waals surface area (Å²) in [5.74, 6) is -3.92. The van der Waals surface area contributed by atoms with Gasteiger partial charge in [0.1, 0.15) is 17.8 Å². The van der Waals surface area contributed by atoms with E-state index in [1.54, 1.807) is 0 Å². The molecule has 2 saturated carbocycles. The molecule has 2 aliphatic rings. The molecule has 0 bridgehead atoms. The molecule has 228 valence electrons. The largest absolute Gasteiger partial charge is 0.339 e. The maximum absolute atomic E-state index is 13.9. The highest BCUT2D eigenvalue weighted by atomic mass is 19.3. The van der Waals surface area contributed by atoms with Gasteiger partial charge in [-0.1, -0.05) is 0 Å². The Balaban J connectivity index is 1.35. The fourth-order valence-electron chi connectivity index (χ4n) is 5.33. The molecule has 0 aliphatic heterocycles. The van der Waals surface area contributed by atoms with Gasteiger partial charge in [-0.3, -0.25) is 19.0 Å². The van der Waals surface area contributed by atoms with E-state index in [0.29, 0.717) is 12.5 Å². The summed E-state index contributed by atoms with van der Waals surface area (Å²) < 4.78 is 59.3.